The molecule has 3 aromatic carbocycles. The summed E-state index contributed by atoms with van der Waals surface area (Å²) in [6.45, 7) is 3.22. The Morgan fingerprint density at radius 3 is 2.34 bits per heavy atom. The second kappa shape index (κ2) is 10.1. The van der Waals surface area contributed by atoms with Gasteiger partial charge < -0.3 is 10.1 Å². The normalized spacial score (nSPS) is 12.1. The maximum absolute atomic E-state index is 13.4. The van der Waals surface area contributed by atoms with Crippen molar-refractivity contribution in [3.05, 3.63) is 88.9 Å². The number of methoxy groups -OCH3 is 1. The van der Waals surface area contributed by atoms with Gasteiger partial charge in [-0.3, -0.25) is 9.10 Å². The van der Waals surface area contributed by atoms with Crippen LogP contribution in [0.2, 0.25) is 5.02 Å². The number of anilines is 1. The summed E-state index contributed by atoms with van der Waals surface area (Å²) in [7, 11) is -2.42. The molecule has 1 atom stereocenters. The number of rotatable bonds is 8. The van der Waals surface area contributed by atoms with Crippen molar-refractivity contribution in [2.24, 2.45) is 0 Å². The predicted octanol–water partition coefficient (Wildman–Crippen LogP) is 4.73. The number of nitrogens with zero attached hydrogens (tertiary/aromatic N) is 1. The highest BCUT2D eigenvalue weighted by atomic mass is 35.5. The molecule has 0 aliphatic heterocycles. The number of aryl methyl sites for hydroxylation is 1. The van der Waals surface area contributed by atoms with E-state index < -0.39 is 15.9 Å². The van der Waals surface area contributed by atoms with Crippen LogP contribution in [0.3, 0.4) is 0 Å². The van der Waals surface area contributed by atoms with Gasteiger partial charge in [-0.15, -0.1) is 0 Å². The van der Waals surface area contributed by atoms with Crippen molar-refractivity contribution in [2.45, 2.75) is 24.8 Å². The Labute approximate surface area is 193 Å². The lowest BCUT2D eigenvalue weighted by Gasteiger charge is -2.26. The molecule has 6 nitrogen and oxygen atoms in total. The van der Waals surface area contributed by atoms with Crippen LogP contribution in [0.15, 0.2) is 77.7 Å². The SMILES string of the molecule is COc1ccc(C(C)NC(=O)CN(c2cc(Cl)ccc2C)S(=O)(=O)c2ccccc2)cc1. The van der Waals surface area contributed by atoms with Gasteiger partial charge in [0.05, 0.1) is 23.7 Å². The lowest BCUT2D eigenvalue weighted by Crippen LogP contribution is -2.41. The summed E-state index contributed by atoms with van der Waals surface area (Å²) in [5.74, 6) is 0.274. The fourth-order valence-electron chi connectivity index (χ4n) is 3.26. The second-order valence-corrected chi connectivity index (χ2v) is 9.62. The molecule has 32 heavy (non-hydrogen) atoms. The Morgan fingerprint density at radius 2 is 1.72 bits per heavy atom. The number of halogens is 1. The molecule has 0 bridgehead atoms. The third kappa shape index (κ3) is 5.41. The van der Waals surface area contributed by atoms with Gasteiger partial charge in [-0.2, -0.15) is 0 Å². The van der Waals surface area contributed by atoms with E-state index in [9.17, 15) is 13.2 Å². The largest absolute Gasteiger partial charge is 0.497 e. The molecule has 8 heteroatoms. The van der Waals surface area contributed by atoms with E-state index >= 15 is 0 Å². The Hall–Kier alpha value is -3.03. The summed E-state index contributed by atoms with van der Waals surface area (Å²) in [6.07, 6.45) is 0. The summed E-state index contributed by atoms with van der Waals surface area (Å²) in [6, 6.07) is 20.0. The lowest BCUT2D eigenvalue weighted by atomic mass is 10.1. The Balaban J connectivity index is 1.90. The van der Waals surface area contributed by atoms with Crippen molar-refractivity contribution in [2.75, 3.05) is 18.0 Å². The molecule has 1 amide bonds. The standard InChI is InChI=1S/C24H25ClN2O4S/c1-17-9-12-20(25)15-23(17)27(32(29,30)22-7-5-4-6-8-22)16-24(28)26-18(2)19-10-13-21(31-3)14-11-19/h4-15,18H,16H2,1-3H3,(H,26,28). The number of carbonyl (C=O) groups is 1. The third-order valence-electron chi connectivity index (χ3n) is 5.05. The Kier molecular flexibility index (Phi) is 7.43. The molecule has 0 radical (unpaired) electrons. The van der Waals surface area contributed by atoms with Gasteiger partial charge >= 0.3 is 0 Å². The minimum absolute atomic E-state index is 0.0929. The Bertz CT molecular complexity index is 1180. The van der Waals surface area contributed by atoms with Crippen LogP contribution in [0.4, 0.5) is 5.69 Å². The summed E-state index contributed by atoms with van der Waals surface area (Å²) in [4.78, 5) is 13.0. The van der Waals surface area contributed by atoms with Gasteiger partial charge in [-0.05, 0) is 61.4 Å². The predicted molar refractivity (Wildman–Crippen MR) is 127 cm³/mol. The van der Waals surface area contributed by atoms with Crippen molar-refractivity contribution >= 4 is 33.2 Å². The molecular formula is C24H25ClN2O4S. The van der Waals surface area contributed by atoms with E-state index in [1.807, 2.05) is 19.1 Å². The molecular weight excluding hydrogens is 448 g/mol. The fourth-order valence-corrected chi connectivity index (χ4v) is 4.93. The van der Waals surface area contributed by atoms with E-state index in [0.717, 1.165) is 9.87 Å². The topological polar surface area (TPSA) is 75.7 Å². The highest BCUT2D eigenvalue weighted by Crippen LogP contribution is 2.29. The Morgan fingerprint density at radius 1 is 1.06 bits per heavy atom. The number of benzene rings is 3. The first-order valence-electron chi connectivity index (χ1n) is 9.99. The first kappa shape index (κ1) is 23.6. The number of hydrogen-bond donors (Lipinski definition) is 1. The summed E-state index contributed by atoms with van der Waals surface area (Å²) >= 11 is 6.15. The van der Waals surface area contributed by atoms with Gasteiger partial charge in [0.25, 0.3) is 10.0 Å². The summed E-state index contributed by atoms with van der Waals surface area (Å²) in [5.41, 5.74) is 1.91. The molecule has 0 spiro atoms. The van der Waals surface area contributed by atoms with E-state index in [1.165, 1.54) is 12.1 Å². The van der Waals surface area contributed by atoms with Gasteiger partial charge in [-0.25, -0.2) is 8.42 Å². The van der Waals surface area contributed by atoms with Gasteiger partial charge in [-0.1, -0.05) is 48.0 Å². The number of amides is 1. The van der Waals surface area contributed by atoms with Crippen LogP contribution in [0, 0.1) is 6.92 Å². The van der Waals surface area contributed by atoms with Crippen LogP contribution < -0.4 is 14.4 Å². The van der Waals surface area contributed by atoms with E-state index in [0.29, 0.717) is 22.0 Å². The first-order chi connectivity index (χ1) is 15.2. The average Bonchev–Trinajstić information content (AvgIpc) is 2.79. The molecule has 1 N–H and O–H groups in total. The number of carbonyl (C=O) groups excluding carboxylic acids is 1. The number of sulfonamides is 1. The zero-order valence-electron chi connectivity index (χ0n) is 18.1. The molecule has 0 aromatic heterocycles. The maximum Gasteiger partial charge on any atom is 0.264 e. The minimum atomic E-state index is -4.00. The van der Waals surface area contributed by atoms with Crippen LogP contribution in [0.1, 0.15) is 24.1 Å². The zero-order chi connectivity index (χ0) is 23.3. The van der Waals surface area contributed by atoms with Gasteiger partial charge in [0.2, 0.25) is 5.91 Å². The van der Waals surface area contributed by atoms with E-state index in [-0.39, 0.29) is 17.5 Å². The summed E-state index contributed by atoms with van der Waals surface area (Å²) in [5, 5.41) is 3.25. The van der Waals surface area contributed by atoms with Gasteiger partial charge in [0.15, 0.2) is 0 Å². The number of ether oxygens (including phenoxy) is 1. The number of nitrogens with one attached hydrogen (secondary N) is 1. The number of hydrogen-bond acceptors (Lipinski definition) is 4. The molecule has 3 aromatic rings. The molecule has 0 aliphatic rings. The van der Waals surface area contributed by atoms with Gasteiger partial charge in [0.1, 0.15) is 12.3 Å². The van der Waals surface area contributed by atoms with Crippen LogP contribution in [0.5, 0.6) is 5.75 Å². The van der Waals surface area contributed by atoms with E-state index in [4.69, 9.17) is 16.3 Å². The molecule has 0 fully saturated rings. The average molecular weight is 473 g/mol. The molecule has 168 valence electrons. The molecule has 1 unspecified atom stereocenters. The first-order valence-corrected chi connectivity index (χ1v) is 11.8. The highest BCUT2D eigenvalue weighted by Gasteiger charge is 2.28. The van der Waals surface area contributed by atoms with Crippen molar-refractivity contribution in [1.82, 2.24) is 5.32 Å². The smallest absolute Gasteiger partial charge is 0.264 e. The van der Waals surface area contributed by atoms with Crippen LogP contribution >= 0.6 is 11.6 Å². The van der Waals surface area contributed by atoms with E-state index in [1.54, 1.807) is 62.6 Å². The van der Waals surface area contributed by atoms with Crippen molar-refractivity contribution < 1.29 is 17.9 Å². The maximum atomic E-state index is 13.4. The molecule has 3 rings (SSSR count). The molecule has 0 saturated carbocycles. The molecule has 0 aliphatic carbocycles. The lowest BCUT2D eigenvalue weighted by molar-refractivity contribution is -0.120. The molecule has 0 saturated heterocycles. The van der Waals surface area contributed by atoms with E-state index in [2.05, 4.69) is 5.32 Å². The summed E-state index contributed by atoms with van der Waals surface area (Å²) < 4.78 is 33.2. The monoisotopic (exact) mass is 472 g/mol. The van der Waals surface area contributed by atoms with Crippen molar-refractivity contribution in [1.29, 1.82) is 0 Å². The quantitative estimate of drug-likeness (QED) is 0.514. The van der Waals surface area contributed by atoms with Crippen molar-refractivity contribution in [3.63, 3.8) is 0 Å². The van der Waals surface area contributed by atoms with Crippen LogP contribution in [-0.2, 0) is 14.8 Å². The highest BCUT2D eigenvalue weighted by molar-refractivity contribution is 7.92. The fraction of sp³-hybridized carbons (Fsp3) is 0.208. The van der Waals surface area contributed by atoms with Crippen LogP contribution in [-0.4, -0.2) is 28.0 Å². The second-order valence-electron chi connectivity index (χ2n) is 7.32. The zero-order valence-corrected chi connectivity index (χ0v) is 19.7. The third-order valence-corrected chi connectivity index (χ3v) is 7.06. The van der Waals surface area contributed by atoms with Gasteiger partial charge in [0, 0.05) is 5.02 Å². The minimum Gasteiger partial charge on any atom is -0.497 e. The van der Waals surface area contributed by atoms with Crippen molar-refractivity contribution in [3.8, 4) is 5.75 Å². The molecule has 0 heterocycles. The van der Waals surface area contributed by atoms with Crippen LogP contribution in [0.25, 0.3) is 0 Å².